The Morgan fingerprint density at radius 1 is 0.950 bits per heavy atom. The highest BCUT2D eigenvalue weighted by Crippen LogP contribution is 2.35. The molecule has 0 spiro atoms. The molecule has 5 heteroatoms. The van der Waals surface area contributed by atoms with E-state index in [1.807, 2.05) is 0 Å². The normalized spacial score (nSPS) is 12.3. The molecule has 0 aliphatic rings. The molecular weight excluding hydrogens is 333 g/mol. The summed E-state index contributed by atoms with van der Waals surface area (Å²) in [6, 6.07) is 6.42. The van der Waals surface area contributed by atoms with E-state index < -0.39 is 22.3 Å². The Kier molecular flexibility index (Phi) is 4.38. The van der Waals surface area contributed by atoms with E-state index >= 15 is 0 Å². The fourth-order valence-electron chi connectivity index (χ4n) is 1.86. The molecule has 0 radical (unpaired) electrons. The zero-order valence-electron chi connectivity index (χ0n) is 10.9. The fourth-order valence-corrected chi connectivity index (χ4v) is 2.59. The molecule has 0 saturated heterocycles. The summed E-state index contributed by atoms with van der Waals surface area (Å²) in [5, 5.41) is 0. The third-order valence-corrected chi connectivity index (χ3v) is 4.02. The van der Waals surface area contributed by atoms with Crippen LogP contribution < -0.4 is 4.74 Å². The van der Waals surface area contributed by atoms with E-state index in [1.54, 1.807) is 6.07 Å². The number of benzene rings is 2. The van der Waals surface area contributed by atoms with Gasteiger partial charge in [-0.15, -0.1) is 0 Å². The van der Waals surface area contributed by atoms with Gasteiger partial charge in [-0.1, -0.05) is 22.0 Å². The molecule has 2 rings (SSSR count). The average molecular weight is 345 g/mol. The zero-order chi connectivity index (χ0) is 14.9. The molecule has 106 valence electrons. The largest absolute Gasteiger partial charge is 0.497 e. The molecule has 0 aliphatic carbocycles. The van der Waals surface area contributed by atoms with Crippen molar-refractivity contribution < 1.29 is 17.9 Å². The van der Waals surface area contributed by atoms with Gasteiger partial charge >= 0.3 is 0 Å². The highest BCUT2D eigenvalue weighted by Gasteiger charge is 2.20. The molecular formula is C15H12BrF3O. The average Bonchev–Trinajstić information content (AvgIpc) is 2.42. The third-order valence-electron chi connectivity index (χ3n) is 3.03. The van der Waals surface area contributed by atoms with E-state index in [1.165, 1.54) is 26.2 Å². The number of methoxy groups -OCH3 is 1. The van der Waals surface area contributed by atoms with Gasteiger partial charge < -0.3 is 4.74 Å². The number of hydrogen-bond acceptors (Lipinski definition) is 1. The minimum Gasteiger partial charge on any atom is -0.497 e. The molecule has 0 amide bonds. The first-order chi connectivity index (χ1) is 9.43. The Hall–Kier alpha value is -1.49. The van der Waals surface area contributed by atoms with Crippen molar-refractivity contribution in [3.05, 3.63) is 64.5 Å². The second-order valence-corrected chi connectivity index (χ2v) is 5.29. The summed E-state index contributed by atoms with van der Waals surface area (Å²) in [6.45, 7) is 1.47. The second kappa shape index (κ2) is 5.87. The maximum absolute atomic E-state index is 14.0. The van der Waals surface area contributed by atoms with Gasteiger partial charge in [0, 0.05) is 17.2 Å². The molecule has 20 heavy (non-hydrogen) atoms. The van der Waals surface area contributed by atoms with Crippen molar-refractivity contribution in [2.75, 3.05) is 7.11 Å². The van der Waals surface area contributed by atoms with E-state index in [0.29, 0.717) is 5.75 Å². The van der Waals surface area contributed by atoms with Crippen LogP contribution in [0.2, 0.25) is 0 Å². The SMILES string of the molecule is COc1ccc(C(Br)c2cc(F)c(C)cc2F)c(F)c1. The number of aryl methyl sites for hydroxylation is 1. The lowest BCUT2D eigenvalue weighted by molar-refractivity contribution is 0.411. The lowest BCUT2D eigenvalue weighted by atomic mass is 10.0. The van der Waals surface area contributed by atoms with Crippen LogP contribution in [0.3, 0.4) is 0 Å². The molecule has 1 nitrogen and oxygen atoms in total. The van der Waals surface area contributed by atoms with Crippen molar-refractivity contribution in [2.24, 2.45) is 0 Å². The number of halogens is 4. The van der Waals surface area contributed by atoms with E-state index in [2.05, 4.69) is 15.9 Å². The third kappa shape index (κ3) is 2.82. The first-order valence-electron chi connectivity index (χ1n) is 5.87. The van der Waals surface area contributed by atoms with Crippen molar-refractivity contribution in [3.63, 3.8) is 0 Å². The van der Waals surface area contributed by atoms with Crippen molar-refractivity contribution in [1.82, 2.24) is 0 Å². The topological polar surface area (TPSA) is 9.23 Å². The lowest BCUT2D eigenvalue weighted by Gasteiger charge is -2.14. The summed E-state index contributed by atoms with van der Waals surface area (Å²) in [7, 11) is 1.43. The van der Waals surface area contributed by atoms with Crippen LogP contribution in [-0.4, -0.2) is 7.11 Å². The Morgan fingerprint density at radius 3 is 2.20 bits per heavy atom. The van der Waals surface area contributed by atoms with Gasteiger partial charge in [0.05, 0.1) is 11.9 Å². The monoisotopic (exact) mass is 344 g/mol. The summed E-state index contributed by atoms with van der Waals surface area (Å²) in [4.78, 5) is -0.775. The highest BCUT2D eigenvalue weighted by molar-refractivity contribution is 9.09. The van der Waals surface area contributed by atoms with E-state index in [9.17, 15) is 13.2 Å². The Labute approximate surface area is 123 Å². The summed E-state index contributed by atoms with van der Waals surface area (Å²) in [6.07, 6.45) is 0. The van der Waals surface area contributed by atoms with Gasteiger partial charge in [0.15, 0.2) is 0 Å². The van der Waals surface area contributed by atoms with Crippen LogP contribution in [0.25, 0.3) is 0 Å². The molecule has 2 aromatic rings. The molecule has 0 heterocycles. The molecule has 1 atom stereocenters. The molecule has 0 N–H and O–H groups in total. The van der Waals surface area contributed by atoms with Gasteiger partial charge in [-0.25, -0.2) is 13.2 Å². The van der Waals surface area contributed by atoms with Crippen LogP contribution in [0.4, 0.5) is 13.2 Å². The molecule has 0 bridgehead atoms. The summed E-state index contributed by atoms with van der Waals surface area (Å²) < 4.78 is 46.3. The van der Waals surface area contributed by atoms with Crippen molar-refractivity contribution in [2.45, 2.75) is 11.8 Å². The van der Waals surface area contributed by atoms with Crippen molar-refractivity contribution in [1.29, 1.82) is 0 Å². The highest BCUT2D eigenvalue weighted by atomic mass is 79.9. The number of hydrogen-bond donors (Lipinski definition) is 0. The molecule has 0 aromatic heterocycles. The molecule has 1 unspecified atom stereocenters. The summed E-state index contributed by atoms with van der Waals surface area (Å²) >= 11 is 3.21. The van der Waals surface area contributed by atoms with Crippen LogP contribution in [0.1, 0.15) is 21.5 Å². The molecule has 2 aromatic carbocycles. The lowest BCUT2D eigenvalue weighted by Crippen LogP contribution is -2.02. The van der Waals surface area contributed by atoms with Gasteiger partial charge in [0.2, 0.25) is 0 Å². The van der Waals surface area contributed by atoms with Gasteiger partial charge in [-0.2, -0.15) is 0 Å². The number of alkyl halides is 1. The van der Waals surface area contributed by atoms with Crippen molar-refractivity contribution in [3.8, 4) is 5.75 Å². The molecule has 0 aliphatic heterocycles. The van der Waals surface area contributed by atoms with Crippen LogP contribution in [0.15, 0.2) is 30.3 Å². The minimum atomic E-state index is -0.775. The van der Waals surface area contributed by atoms with Crippen LogP contribution in [0.5, 0.6) is 5.75 Å². The van der Waals surface area contributed by atoms with Gasteiger partial charge in [-0.05, 0) is 30.7 Å². The maximum Gasteiger partial charge on any atom is 0.131 e. The second-order valence-electron chi connectivity index (χ2n) is 4.37. The van der Waals surface area contributed by atoms with E-state index in [4.69, 9.17) is 4.74 Å². The summed E-state index contributed by atoms with van der Waals surface area (Å²) in [5.41, 5.74) is 0.478. The summed E-state index contributed by atoms with van der Waals surface area (Å²) in [5.74, 6) is -1.30. The first kappa shape index (κ1) is 14.9. The molecule has 0 saturated carbocycles. The van der Waals surface area contributed by atoms with E-state index in [0.717, 1.165) is 12.1 Å². The predicted octanol–water partition coefficient (Wildman–Crippen LogP) is 4.91. The Balaban J connectivity index is 2.46. The Bertz CT molecular complexity index is 643. The number of rotatable bonds is 3. The first-order valence-corrected chi connectivity index (χ1v) is 6.78. The number of ether oxygens (including phenoxy) is 1. The van der Waals surface area contributed by atoms with Crippen LogP contribution >= 0.6 is 15.9 Å². The molecule has 0 fully saturated rings. The van der Waals surface area contributed by atoms with Crippen LogP contribution in [-0.2, 0) is 0 Å². The van der Waals surface area contributed by atoms with Gasteiger partial charge in [0.1, 0.15) is 23.2 Å². The smallest absolute Gasteiger partial charge is 0.131 e. The zero-order valence-corrected chi connectivity index (χ0v) is 12.5. The van der Waals surface area contributed by atoms with E-state index in [-0.39, 0.29) is 16.7 Å². The predicted molar refractivity (Wildman–Crippen MR) is 74.8 cm³/mol. The van der Waals surface area contributed by atoms with Gasteiger partial charge in [-0.3, -0.25) is 0 Å². The van der Waals surface area contributed by atoms with Crippen LogP contribution in [0, 0.1) is 24.4 Å². The van der Waals surface area contributed by atoms with Gasteiger partial charge in [0.25, 0.3) is 0 Å². The standard InChI is InChI=1S/C15H12BrF3O/c1-8-5-13(18)11(7-12(8)17)15(16)10-4-3-9(20-2)6-14(10)19/h3-7,15H,1-2H3. The maximum atomic E-state index is 14.0. The Morgan fingerprint density at radius 2 is 1.60 bits per heavy atom. The quantitative estimate of drug-likeness (QED) is 0.719. The minimum absolute atomic E-state index is 0.0529. The van der Waals surface area contributed by atoms with Crippen molar-refractivity contribution >= 4 is 15.9 Å². The fraction of sp³-hybridized carbons (Fsp3) is 0.200.